The molecule has 7 heteroatoms. The molecule has 2 amide bonds. The van der Waals surface area contributed by atoms with E-state index in [0.717, 1.165) is 23.1 Å². The summed E-state index contributed by atoms with van der Waals surface area (Å²) in [4.78, 5) is 26.6. The molecule has 2 N–H and O–H groups in total. The Labute approximate surface area is 176 Å². The Hall–Kier alpha value is -1.44. The van der Waals surface area contributed by atoms with E-state index in [1.165, 1.54) is 6.92 Å². The van der Waals surface area contributed by atoms with E-state index in [2.05, 4.69) is 59.2 Å². The smallest absolute Gasteiger partial charge is 0.222 e. The van der Waals surface area contributed by atoms with Crippen molar-refractivity contribution < 1.29 is 14.3 Å². The van der Waals surface area contributed by atoms with Crippen molar-refractivity contribution in [2.75, 3.05) is 19.6 Å². The maximum Gasteiger partial charge on any atom is 0.222 e. The van der Waals surface area contributed by atoms with Gasteiger partial charge in [0.1, 0.15) is 0 Å². The summed E-state index contributed by atoms with van der Waals surface area (Å²) in [5.41, 5.74) is 0.729. The van der Waals surface area contributed by atoms with Crippen LogP contribution < -0.4 is 10.6 Å². The quantitative estimate of drug-likeness (QED) is 0.665. The molecular formula is C21H32BrN3O3. The lowest BCUT2D eigenvalue weighted by Gasteiger charge is -2.45. The van der Waals surface area contributed by atoms with Crippen molar-refractivity contribution in [3.8, 4) is 0 Å². The second-order valence-corrected chi connectivity index (χ2v) is 9.18. The predicted molar refractivity (Wildman–Crippen MR) is 114 cm³/mol. The van der Waals surface area contributed by atoms with Crippen LogP contribution in [0.15, 0.2) is 28.7 Å². The van der Waals surface area contributed by atoms with Crippen molar-refractivity contribution in [2.45, 2.75) is 64.8 Å². The summed E-state index contributed by atoms with van der Waals surface area (Å²) in [6.45, 7) is 12.1. The number of rotatable bonds is 7. The lowest BCUT2D eigenvalue weighted by molar-refractivity contribution is -0.124. The van der Waals surface area contributed by atoms with Gasteiger partial charge in [0.25, 0.3) is 0 Å². The number of hydrogen-bond donors (Lipinski definition) is 2. The number of halogens is 1. The molecular weight excluding hydrogens is 422 g/mol. The van der Waals surface area contributed by atoms with Gasteiger partial charge in [-0.25, -0.2) is 0 Å². The van der Waals surface area contributed by atoms with Gasteiger partial charge in [0.2, 0.25) is 11.8 Å². The molecule has 0 spiro atoms. The normalized spacial score (nSPS) is 21.8. The van der Waals surface area contributed by atoms with Gasteiger partial charge < -0.3 is 15.4 Å². The summed E-state index contributed by atoms with van der Waals surface area (Å²) in [7, 11) is 0. The van der Waals surface area contributed by atoms with Gasteiger partial charge in [-0.15, -0.1) is 0 Å². The Morgan fingerprint density at radius 1 is 1.21 bits per heavy atom. The molecule has 3 atom stereocenters. The van der Waals surface area contributed by atoms with E-state index in [1.807, 2.05) is 24.3 Å². The minimum absolute atomic E-state index is 0.0795. The molecule has 0 aromatic heterocycles. The van der Waals surface area contributed by atoms with Crippen molar-refractivity contribution in [1.29, 1.82) is 0 Å². The van der Waals surface area contributed by atoms with E-state index in [0.29, 0.717) is 6.54 Å². The van der Waals surface area contributed by atoms with Crippen molar-refractivity contribution >= 4 is 27.7 Å². The van der Waals surface area contributed by atoms with Gasteiger partial charge in [-0.3, -0.25) is 14.5 Å². The maximum absolute atomic E-state index is 12.6. The third-order valence-corrected chi connectivity index (χ3v) is 5.56. The minimum atomic E-state index is -0.350. The molecule has 1 aromatic rings. The zero-order valence-electron chi connectivity index (χ0n) is 17.4. The molecule has 0 bridgehead atoms. The summed E-state index contributed by atoms with van der Waals surface area (Å²) in [6.07, 6.45) is 0.563. The molecule has 156 valence electrons. The molecule has 28 heavy (non-hydrogen) atoms. The lowest BCUT2D eigenvalue weighted by atomic mass is 9.99. The fourth-order valence-electron chi connectivity index (χ4n) is 3.55. The van der Waals surface area contributed by atoms with Crippen LogP contribution in [0.5, 0.6) is 0 Å². The number of amides is 2. The molecule has 1 fully saturated rings. The third kappa shape index (κ3) is 6.87. The van der Waals surface area contributed by atoms with Crippen LogP contribution >= 0.6 is 15.9 Å². The molecule has 1 aliphatic heterocycles. The van der Waals surface area contributed by atoms with Crippen LogP contribution in [-0.4, -0.2) is 54.1 Å². The first kappa shape index (κ1) is 22.8. The fraction of sp³-hybridized carbons (Fsp3) is 0.619. The van der Waals surface area contributed by atoms with Crippen LogP contribution in [0.2, 0.25) is 0 Å². The summed E-state index contributed by atoms with van der Waals surface area (Å²) in [6, 6.07) is 7.30. The van der Waals surface area contributed by atoms with Crippen molar-refractivity contribution in [1.82, 2.24) is 15.5 Å². The summed E-state index contributed by atoms with van der Waals surface area (Å²) in [5.74, 6) is -0.235. The Balaban J connectivity index is 1.96. The van der Waals surface area contributed by atoms with E-state index in [1.54, 1.807) is 0 Å². The van der Waals surface area contributed by atoms with Crippen LogP contribution in [0.1, 0.15) is 52.6 Å². The number of nitrogens with one attached hydrogen (secondary N) is 2. The summed E-state index contributed by atoms with van der Waals surface area (Å²) >= 11 is 3.41. The number of carbonyl (C=O) groups excluding carboxylic acids is 2. The van der Waals surface area contributed by atoms with Gasteiger partial charge in [0, 0.05) is 36.6 Å². The highest BCUT2D eigenvalue weighted by atomic mass is 79.9. The average Bonchev–Trinajstić information content (AvgIpc) is 2.59. The molecule has 3 unspecified atom stereocenters. The standard InChI is InChI=1S/C21H32BrN3O3/c1-14-11-25(12-15(2)28-14)21(4,5)13-23-20(27)10-19(24-16(3)26)17-6-8-18(22)9-7-17/h6-9,14-15,19H,10-13H2,1-5H3,(H,23,27)(H,24,26). The fourth-order valence-corrected chi connectivity index (χ4v) is 3.81. The monoisotopic (exact) mass is 453 g/mol. The zero-order chi connectivity index (χ0) is 20.9. The van der Waals surface area contributed by atoms with Gasteiger partial charge in [-0.05, 0) is 45.4 Å². The SMILES string of the molecule is CC(=O)NC(CC(=O)NCC(C)(C)N1CC(C)OC(C)C1)c1ccc(Br)cc1. The Morgan fingerprint density at radius 3 is 2.32 bits per heavy atom. The van der Waals surface area contributed by atoms with Gasteiger partial charge in [-0.1, -0.05) is 28.1 Å². The largest absolute Gasteiger partial charge is 0.373 e. The second kappa shape index (κ2) is 9.85. The van der Waals surface area contributed by atoms with Crippen molar-refractivity contribution in [3.05, 3.63) is 34.3 Å². The highest BCUT2D eigenvalue weighted by Gasteiger charge is 2.33. The molecule has 0 aliphatic carbocycles. The number of ether oxygens (including phenoxy) is 1. The molecule has 1 aromatic carbocycles. The lowest BCUT2D eigenvalue weighted by Crippen LogP contribution is -2.58. The van der Waals surface area contributed by atoms with E-state index < -0.39 is 0 Å². The Bertz CT molecular complexity index is 668. The third-order valence-electron chi connectivity index (χ3n) is 5.03. The molecule has 1 heterocycles. The molecule has 0 saturated carbocycles. The van der Waals surface area contributed by atoms with Crippen LogP contribution in [0.3, 0.4) is 0 Å². The average molecular weight is 454 g/mol. The van der Waals surface area contributed by atoms with E-state index in [4.69, 9.17) is 4.74 Å². The van der Waals surface area contributed by atoms with Crippen molar-refractivity contribution in [3.63, 3.8) is 0 Å². The van der Waals surface area contributed by atoms with Crippen LogP contribution in [0.25, 0.3) is 0 Å². The Kier molecular flexibility index (Phi) is 8.04. The van der Waals surface area contributed by atoms with E-state index >= 15 is 0 Å². The molecule has 6 nitrogen and oxygen atoms in total. The molecule has 1 aliphatic rings. The molecule has 0 radical (unpaired) electrons. The first-order valence-electron chi connectivity index (χ1n) is 9.76. The molecule has 2 rings (SSSR count). The van der Waals surface area contributed by atoms with Gasteiger partial charge in [0.05, 0.1) is 24.7 Å². The highest BCUT2D eigenvalue weighted by molar-refractivity contribution is 9.10. The highest BCUT2D eigenvalue weighted by Crippen LogP contribution is 2.22. The van der Waals surface area contributed by atoms with Gasteiger partial charge >= 0.3 is 0 Å². The minimum Gasteiger partial charge on any atom is -0.373 e. The summed E-state index contributed by atoms with van der Waals surface area (Å²) in [5, 5.41) is 5.93. The topological polar surface area (TPSA) is 70.7 Å². The second-order valence-electron chi connectivity index (χ2n) is 8.26. The van der Waals surface area contributed by atoms with Crippen LogP contribution in [0, 0.1) is 0 Å². The predicted octanol–water partition coefficient (Wildman–Crippen LogP) is 3.02. The zero-order valence-corrected chi connectivity index (χ0v) is 19.0. The number of carbonyl (C=O) groups is 2. The van der Waals surface area contributed by atoms with Gasteiger partial charge in [-0.2, -0.15) is 0 Å². The Morgan fingerprint density at radius 2 is 1.79 bits per heavy atom. The number of morpholine rings is 1. The van der Waals surface area contributed by atoms with Crippen LogP contribution in [0.4, 0.5) is 0 Å². The van der Waals surface area contributed by atoms with Gasteiger partial charge in [0.15, 0.2) is 0 Å². The number of benzene rings is 1. The first-order valence-corrected chi connectivity index (χ1v) is 10.6. The first-order chi connectivity index (χ1) is 13.1. The van der Waals surface area contributed by atoms with Crippen molar-refractivity contribution in [2.24, 2.45) is 0 Å². The maximum atomic E-state index is 12.6. The molecule has 1 saturated heterocycles. The van der Waals surface area contributed by atoms with E-state index in [9.17, 15) is 9.59 Å². The number of hydrogen-bond acceptors (Lipinski definition) is 4. The summed E-state index contributed by atoms with van der Waals surface area (Å²) < 4.78 is 6.77. The number of nitrogens with zero attached hydrogens (tertiary/aromatic N) is 1. The van der Waals surface area contributed by atoms with Crippen LogP contribution in [-0.2, 0) is 14.3 Å². The van der Waals surface area contributed by atoms with E-state index in [-0.39, 0.29) is 42.0 Å².